The first-order valence-corrected chi connectivity index (χ1v) is 6.03. The molecule has 0 atom stereocenters. The van der Waals surface area contributed by atoms with E-state index in [0.29, 0.717) is 5.56 Å². The Morgan fingerprint density at radius 2 is 1.95 bits per heavy atom. The third-order valence-corrected chi connectivity index (χ3v) is 2.96. The van der Waals surface area contributed by atoms with E-state index >= 15 is 0 Å². The van der Waals surface area contributed by atoms with Crippen LogP contribution in [0.25, 0.3) is 0 Å². The molecule has 98 valence electrons. The van der Waals surface area contributed by atoms with E-state index in [4.69, 9.17) is 26.9 Å². The molecular weight excluding hydrogens is 279 g/mol. The normalized spacial score (nSPS) is 9.60. The minimum atomic E-state index is -0.468. The highest BCUT2D eigenvalue weighted by molar-refractivity contribution is 6.31. The zero-order valence-corrected chi connectivity index (χ0v) is 11.0. The molecule has 3 nitrogen and oxygen atoms in total. The van der Waals surface area contributed by atoms with Gasteiger partial charge in [0.2, 0.25) is 0 Å². The van der Waals surface area contributed by atoms with Crippen LogP contribution in [-0.2, 0) is 6.61 Å². The number of halogens is 2. The molecule has 0 radical (unpaired) electrons. The summed E-state index contributed by atoms with van der Waals surface area (Å²) in [6.45, 7) is -0.0869. The minimum absolute atomic E-state index is 0.0869. The number of nitrogens with zero attached hydrogens (tertiary/aromatic N) is 2. The van der Waals surface area contributed by atoms with Crippen molar-refractivity contribution in [2.24, 2.45) is 0 Å². The maximum atomic E-state index is 13.6. The third-order valence-electron chi connectivity index (χ3n) is 2.65. The van der Waals surface area contributed by atoms with Crippen molar-refractivity contribution in [1.29, 1.82) is 10.5 Å². The molecule has 20 heavy (non-hydrogen) atoms. The van der Waals surface area contributed by atoms with Crippen LogP contribution in [0.3, 0.4) is 0 Å². The summed E-state index contributed by atoms with van der Waals surface area (Å²) >= 11 is 5.87. The highest BCUT2D eigenvalue weighted by Crippen LogP contribution is 2.26. The Balaban J connectivity index is 2.24. The SMILES string of the molecule is N#Cc1ccc(F)c(COc2cccc(Cl)c2C#N)c1. The lowest BCUT2D eigenvalue weighted by Gasteiger charge is -2.09. The number of ether oxygens (including phenoxy) is 1. The van der Waals surface area contributed by atoms with Gasteiger partial charge in [-0.3, -0.25) is 0 Å². The lowest BCUT2D eigenvalue weighted by Crippen LogP contribution is -2.00. The molecule has 0 saturated heterocycles. The molecule has 2 aromatic rings. The predicted molar refractivity (Wildman–Crippen MR) is 71.6 cm³/mol. The Hall–Kier alpha value is -2.56. The van der Waals surface area contributed by atoms with E-state index in [-0.39, 0.29) is 28.5 Å². The van der Waals surface area contributed by atoms with E-state index in [1.165, 1.54) is 18.2 Å². The van der Waals surface area contributed by atoms with Crippen molar-refractivity contribution in [2.45, 2.75) is 6.61 Å². The number of rotatable bonds is 3. The van der Waals surface area contributed by atoms with Crippen LogP contribution >= 0.6 is 11.6 Å². The summed E-state index contributed by atoms with van der Waals surface area (Å²) in [5.74, 6) is -0.189. The minimum Gasteiger partial charge on any atom is -0.487 e. The Morgan fingerprint density at radius 3 is 2.65 bits per heavy atom. The van der Waals surface area contributed by atoms with E-state index in [9.17, 15) is 4.39 Å². The van der Waals surface area contributed by atoms with E-state index < -0.39 is 5.82 Å². The molecule has 0 heterocycles. The van der Waals surface area contributed by atoms with Crippen molar-refractivity contribution < 1.29 is 9.13 Å². The van der Waals surface area contributed by atoms with Crippen LogP contribution in [0.2, 0.25) is 5.02 Å². The number of nitriles is 2. The molecular formula is C15H8ClFN2O. The van der Waals surface area contributed by atoms with Gasteiger partial charge in [-0.05, 0) is 30.3 Å². The Labute approximate surface area is 120 Å². The van der Waals surface area contributed by atoms with Crippen LogP contribution in [0.1, 0.15) is 16.7 Å². The van der Waals surface area contributed by atoms with Gasteiger partial charge < -0.3 is 4.74 Å². The quantitative estimate of drug-likeness (QED) is 0.862. The first-order valence-electron chi connectivity index (χ1n) is 5.65. The van der Waals surface area contributed by atoms with E-state index in [1.54, 1.807) is 18.2 Å². The highest BCUT2D eigenvalue weighted by Gasteiger charge is 2.09. The first-order chi connectivity index (χ1) is 9.65. The van der Waals surface area contributed by atoms with Crippen LogP contribution < -0.4 is 4.74 Å². The summed E-state index contributed by atoms with van der Waals surface area (Å²) in [5, 5.41) is 18.1. The van der Waals surface area contributed by atoms with Crippen molar-refractivity contribution in [3.63, 3.8) is 0 Å². The first kappa shape index (κ1) is 13.9. The zero-order valence-electron chi connectivity index (χ0n) is 10.2. The molecule has 0 amide bonds. The fourth-order valence-electron chi connectivity index (χ4n) is 1.64. The van der Waals surface area contributed by atoms with Crippen LogP contribution in [-0.4, -0.2) is 0 Å². The van der Waals surface area contributed by atoms with E-state index in [0.717, 1.165) is 0 Å². The number of benzene rings is 2. The molecule has 0 saturated carbocycles. The molecule has 0 fully saturated rings. The average Bonchev–Trinajstić information content (AvgIpc) is 2.46. The maximum Gasteiger partial charge on any atom is 0.139 e. The highest BCUT2D eigenvalue weighted by atomic mass is 35.5. The Kier molecular flexibility index (Phi) is 4.20. The van der Waals surface area contributed by atoms with E-state index in [1.807, 2.05) is 12.1 Å². The molecule has 0 unspecified atom stereocenters. The lowest BCUT2D eigenvalue weighted by molar-refractivity contribution is 0.299. The molecule has 5 heteroatoms. The molecule has 0 aliphatic carbocycles. The summed E-state index contributed by atoms with van der Waals surface area (Å²) in [7, 11) is 0. The smallest absolute Gasteiger partial charge is 0.139 e. The van der Waals surface area contributed by atoms with Gasteiger partial charge in [0.05, 0.1) is 16.7 Å². The average molecular weight is 287 g/mol. The largest absolute Gasteiger partial charge is 0.487 e. The number of hydrogen-bond donors (Lipinski definition) is 0. The summed E-state index contributed by atoms with van der Waals surface area (Å²) in [4.78, 5) is 0. The standard InChI is InChI=1S/C15H8ClFN2O/c16-13-2-1-3-15(12(13)8-19)20-9-11-6-10(7-18)4-5-14(11)17/h1-6H,9H2. The zero-order chi connectivity index (χ0) is 14.5. The second kappa shape index (κ2) is 6.06. The van der Waals surface area contributed by atoms with Crippen molar-refractivity contribution in [1.82, 2.24) is 0 Å². The predicted octanol–water partition coefficient (Wildman–Crippen LogP) is 3.80. The van der Waals surface area contributed by atoms with Gasteiger partial charge >= 0.3 is 0 Å². The summed E-state index contributed by atoms with van der Waals surface area (Å²) in [6, 6.07) is 12.7. The van der Waals surface area contributed by atoms with Crippen LogP contribution in [0.5, 0.6) is 5.75 Å². The second-order valence-electron chi connectivity index (χ2n) is 3.93. The molecule has 0 N–H and O–H groups in total. The molecule has 2 rings (SSSR count). The summed E-state index contributed by atoms with van der Waals surface area (Å²) in [6.07, 6.45) is 0. The molecule has 0 bridgehead atoms. The van der Waals surface area contributed by atoms with Crippen molar-refractivity contribution in [3.05, 3.63) is 63.9 Å². The van der Waals surface area contributed by atoms with Gasteiger partial charge in [-0.15, -0.1) is 0 Å². The van der Waals surface area contributed by atoms with Crippen molar-refractivity contribution in [3.8, 4) is 17.9 Å². The van der Waals surface area contributed by atoms with Crippen LogP contribution in [0.15, 0.2) is 36.4 Å². The third kappa shape index (κ3) is 2.88. The van der Waals surface area contributed by atoms with Crippen LogP contribution in [0.4, 0.5) is 4.39 Å². The van der Waals surface area contributed by atoms with Gasteiger partial charge in [0.15, 0.2) is 0 Å². The van der Waals surface area contributed by atoms with Gasteiger partial charge in [0, 0.05) is 5.56 Å². The molecule has 0 aliphatic rings. The fourth-order valence-corrected chi connectivity index (χ4v) is 1.85. The van der Waals surface area contributed by atoms with Crippen molar-refractivity contribution >= 4 is 11.6 Å². The topological polar surface area (TPSA) is 56.8 Å². The maximum absolute atomic E-state index is 13.6. The van der Waals surface area contributed by atoms with E-state index in [2.05, 4.69) is 0 Å². The Morgan fingerprint density at radius 1 is 1.15 bits per heavy atom. The van der Waals surface area contributed by atoms with Gasteiger partial charge in [-0.1, -0.05) is 17.7 Å². The monoisotopic (exact) mass is 286 g/mol. The molecule has 0 aromatic heterocycles. The van der Waals surface area contributed by atoms with Crippen LogP contribution in [0, 0.1) is 28.5 Å². The lowest BCUT2D eigenvalue weighted by atomic mass is 10.1. The number of hydrogen-bond acceptors (Lipinski definition) is 3. The fraction of sp³-hybridized carbons (Fsp3) is 0.0667. The van der Waals surface area contributed by atoms with Gasteiger partial charge in [0.1, 0.15) is 29.8 Å². The second-order valence-corrected chi connectivity index (χ2v) is 4.34. The molecule has 2 aromatic carbocycles. The summed E-state index contributed by atoms with van der Waals surface area (Å²) in [5.41, 5.74) is 0.788. The molecule has 0 spiro atoms. The Bertz CT molecular complexity index is 732. The van der Waals surface area contributed by atoms with Crippen molar-refractivity contribution in [2.75, 3.05) is 0 Å². The van der Waals surface area contributed by atoms with Gasteiger partial charge in [-0.2, -0.15) is 10.5 Å². The summed E-state index contributed by atoms with van der Waals surface area (Å²) < 4.78 is 19.0. The van der Waals surface area contributed by atoms with Gasteiger partial charge in [-0.25, -0.2) is 4.39 Å². The molecule has 0 aliphatic heterocycles. The van der Waals surface area contributed by atoms with Gasteiger partial charge in [0.25, 0.3) is 0 Å².